The number of esters is 1. The Morgan fingerprint density at radius 1 is 1.14 bits per heavy atom. The number of aromatic nitrogens is 1. The molecule has 146 valence electrons. The van der Waals surface area contributed by atoms with Crippen molar-refractivity contribution in [2.75, 3.05) is 11.9 Å². The molecule has 29 heavy (non-hydrogen) atoms. The molecule has 2 aromatic carbocycles. The Morgan fingerprint density at radius 3 is 2.72 bits per heavy atom. The number of aromatic amines is 1. The molecule has 0 fully saturated rings. The molecular formula is C20H15N3O6. The van der Waals surface area contributed by atoms with Crippen LogP contribution in [0.5, 0.6) is 0 Å². The van der Waals surface area contributed by atoms with E-state index in [0.29, 0.717) is 22.4 Å². The van der Waals surface area contributed by atoms with E-state index in [-0.39, 0.29) is 18.1 Å². The maximum absolute atomic E-state index is 12.5. The Bertz CT molecular complexity index is 1270. The second-order valence-corrected chi connectivity index (χ2v) is 6.25. The minimum atomic E-state index is -0.511. The molecule has 0 saturated heterocycles. The second-order valence-electron chi connectivity index (χ2n) is 6.25. The van der Waals surface area contributed by atoms with Crippen LogP contribution >= 0.6 is 0 Å². The number of hydrogen-bond donors (Lipinski definition) is 2. The van der Waals surface area contributed by atoms with E-state index in [4.69, 9.17) is 9.15 Å². The molecule has 0 aliphatic carbocycles. The lowest BCUT2D eigenvalue weighted by atomic mass is 10.2. The minimum Gasteiger partial charge on any atom is -0.461 e. The number of ether oxygens (including phenoxy) is 1. The fraction of sp³-hybridized carbons (Fsp3) is 0.100. The van der Waals surface area contributed by atoms with Crippen LogP contribution in [0.3, 0.4) is 0 Å². The number of fused-ring (bicyclic) bond motifs is 2. The summed E-state index contributed by atoms with van der Waals surface area (Å²) in [7, 11) is 0. The predicted molar refractivity (Wildman–Crippen MR) is 105 cm³/mol. The summed E-state index contributed by atoms with van der Waals surface area (Å²) in [5, 5.41) is 14.8. The molecule has 2 N–H and O–H groups in total. The van der Waals surface area contributed by atoms with Crippen LogP contribution in [0.1, 0.15) is 28.0 Å². The Kier molecular flexibility index (Phi) is 4.47. The van der Waals surface area contributed by atoms with Crippen molar-refractivity contribution in [1.29, 1.82) is 0 Å². The zero-order chi connectivity index (χ0) is 20.5. The Morgan fingerprint density at radius 2 is 1.97 bits per heavy atom. The smallest absolute Gasteiger partial charge is 0.354 e. The fourth-order valence-corrected chi connectivity index (χ4v) is 2.98. The van der Waals surface area contributed by atoms with Crippen molar-refractivity contribution >= 4 is 45.1 Å². The second kappa shape index (κ2) is 7.12. The van der Waals surface area contributed by atoms with Crippen molar-refractivity contribution in [2.24, 2.45) is 0 Å². The van der Waals surface area contributed by atoms with Gasteiger partial charge in [0.1, 0.15) is 11.3 Å². The lowest BCUT2D eigenvalue weighted by molar-refractivity contribution is -0.384. The number of non-ortho nitro benzene ring substituents is 1. The molecule has 4 rings (SSSR count). The van der Waals surface area contributed by atoms with Gasteiger partial charge in [0.05, 0.1) is 11.5 Å². The lowest BCUT2D eigenvalue weighted by Gasteiger charge is -2.03. The van der Waals surface area contributed by atoms with Crippen LogP contribution in [0, 0.1) is 10.1 Å². The molecule has 2 heterocycles. The number of carbonyl (C=O) groups is 2. The van der Waals surface area contributed by atoms with Crippen LogP contribution in [0.15, 0.2) is 52.9 Å². The summed E-state index contributed by atoms with van der Waals surface area (Å²) >= 11 is 0. The molecule has 9 heteroatoms. The first-order valence-corrected chi connectivity index (χ1v) is 8.74. The summed E-state index contributed by atoms with van der Waals surface area (Å²) in [6, 6.07) is 12.3. The standard InChI is InChI=1S/C20H15N3O6/c1-2-28-20(25)16-9-11-7-13(3-5-15(11)22-16)21-19(24)18-10-12-8-14(23(26)27)4-6-17(12)29-18/h3-10,22H,2H2,1H3,(H,21,24). The first kappa shape index (κ1) is 18.2. The molecule has 0 aliphatic rings. The Hall–Kier alpha value is -4.14. The molecule has 0 aliphatic heterocycles. The summed E-state index contributed by atoms with van der Waals surface area (Å²) in [4.78, 5) is 37.7. The fourth-order valence-electron chi connectivity index (χ4n) is 2.98. The predicted octanol–water partition coefficient (Wildman–Crippen LogP) is 4.25. The molecule has 0 unspecified atom stereocenters. The Balaban J connectivity index is 1.57. The number of anilines is 1. The zero-order valence-electron chi connectivity index (χ0n) is 15.2. The lowest BCUT2D eigenvalue weighted by Crippen LogP contribution is -2.10. The average Bonchev–Trinajstić information content (AvgIpc) is 3.31. The van der Waals surface area contributed by atoms with Crippen LogP contribution in [0.2, 0.25) is 0 Å². The number of nitro benzene ring substituents is 1. The van der Waals surface area contributed by atoms with Crippen molar-refractivity contribution in [1.82, 2.24) is 4.98 Å². The first-order valence-electron chi connectivity index (χ1n) is 8.74. The van der Waals surface area contributed by atoms with Gasteiger partial charge in [-0.25, -0.2) is 4.79 Å². The van der Waals surface area contributed by atoms with Gasteiger partial charge in [-0.1, -0.05) is 0 Å². The Labute approximate surface area is 163 Å². The van der Waals surface area contributed by atoms with E-state index in [1.165, 1.54) is 24.3 Å². The van der Waals surface area contributed by atoms with Crippen LogP contribution < -0.4 is 5.32 Å². The van der Waals surface area contributed by atoms with Gasteiger partial charge in [0, 0.05) is 34.1 Å². The van der Waals surface area contributed by atoms with Crippen LogP contribution in [-0.4, -0.2) is 28.4 Å². The quantitative estimate of drug-likeness (QED) is 0.296. The number of nitrogens with zero attached hydrogens (tertiary/aromatic N) is 1. The summed E-state index contributed by atoms with van der Waals surface area (Å²) in [6.07, 6.45) is 0. The van der Waals surface area contributed by atoms with Crippen molar-refractivity contribution in [3.05, 3.63) is 70.1 Å². The number of H-pyrrole nitrogens is 1. The van der Waals surface area contributed by atoms with Crippen molar-refractivity contribution in [2.45, 2.75) is 6.92 Å². The number of rotatable bonds is 5. The highest BCUT2D eigenvalue weighted by Gasteiger charge is 2.16. The van der Waals surface area contributed by atoms with Gasteiger partial charge in [0.15, 0.2) is 5.76 Å². The van der Waals surface area contributed by atoms with E-state index in [0.717, 1.165) is 10.9 Å². The summed E-state index contributed by atoms with van der Waals surface area (Å²) in [5.41, 5.74) is 1.84. The van der Waals surface area contributed by atoms with E-state index < -0.39 is 16.8 Å². The van der Waals surface area contributed by atoms with E-state index in [1.807, 2.05) is 0 Å². The molecule has 0 saturated carbocycles. The third kappa shape index (κ3) is 3.53. The van der Waals surface area contributed by atoms with E-state index in [9.17, 15) is 19.7 Å². The summed E-state index contributed by atoms with van der Waals surface area (Å²) < 4.78 is 10.5. The monoisotopic (exact) mass is 393 g/mol. The molecule has 0 atom stereocenters. The number of benzene rings is 2. The van der Waals surface area contributed by atoms with Crippen LogP contribution in [0.25, 0.3) is 21.9 Å². The van der Waals surface area contributed by atoms with E-state index >= 15 is 0 Å². The van der Waals surface area contributed by atoms with Gasteiger partial charge in [-0.2, -0.15) is 0 Å². The number of amides is 1. The van der Waals surface area contributed by atoms with Gasteiger partial charge in [-0.05, 0) is 43.3 Å². The van der Waals surface area contributed by atoms with Gasteiger partial charge in [0.2, 0.25) is 0 Å². The first-order chi connectivity index (χ1) is 13.9. The molecule has 0 spiro atoms. The van der Waals surface area contributed by atoms with Gasteiger partial charge in [-0.3, -0.25) is 14.9 Å². The van der Waals surface area contributed by atoms with E-state index in [1.54, 1.807) is 31.2 Å². The zero-order valence-corrected chi connectivity index (χ0v) is 15.2. The van der Waals surface area contributed by atoms with Crippen molar-refractivity contribution < 1.29 is 23.7 Å². The van der Waals surface area contributed by atoms with Crippen LogP contribution in [-0.2, 0) is 4.74 Å². The largest absolute Gasteiger partial charge is 0.461 e. The maximum atomic E-state index is 12.5. The van der Waals surface area contributed by atoms with Gasteiger partial charge in [0.25, 0.3) is 11.6 Å². The normalized spacial score (nSPS) is 10.9. The highest BCUT2D eigenvalue weighted by molar-refractivity contribution is 6.06. The molecule has 4 aromatic rings. The molecule has 0 radical (unpaired) electrons. The van der Waals surface area contributed by atoms with Gasteiger partial charge < -0.3 is 19.5 Å². The van der Waals surface area contributed by atoms with Crippen molar-refractivity contribution in [3.8, 4) is 0 Å². The number of nitrogens with one attached hydrogen (secondary N) is 2. The number of furan rings is 1. The van der Waals surface area contributed by atoms with Gasteiger partial charge >= 0.3 is 5.97 Å². The minimum absolute atomic E-state index is 0.0295. The molecule has 2 aromatic heterocycles. The molecular weight excluding hydrogens is 378 g/mol. The third-order valence-corrected chi connectivity index (χ3v) is 4.31. The van der Waals surface area contributed by atoms with Crippen LogP contribution in [0.4, 0.5) is 11.4 Å². The maximum Gasteiger partial charge on any atom is 0.354 e. The molecule has 0 bridgehead atoms. The average molecular weight is 393 g/mol. The molecule has 1 amide bonds. The third-order valence-electron chi connectivity index (χ3n) is 4.31. The topological polar surface area (TPSA) is 127 Å². The van der Waals surface area contributed by atoms with Gasteiger partial charge in [-0.15, -0.1) is 0 Å². The summed E-state index contributed by atoms with van der Waals surface area (Å²) in [5.74, 6) is -0.920. The number of carbonyl (C=O) groups excluding carboxylic acids is 2. The van der Waals surface area contributed by atoms with Crippen molar-refractivity contribution in [3.63, 3.8) is 0 Å². The highest BCUT2D eigenvalue weighted by Crippen LogP contribution is 2.26. The highest BCUT2D eigenvalue weighted by atomic mass is 16.6. The number of hydrogen-bond acceptors (Lipinski definition) is 6. The van der Waals surface area contributed by atoms with E-state index in [2.05, 4.69) is 10.3 Å². The molecule has 9 nitrogen and oxygen atoms in total. The SMILES string of the molecule is CCOC(=O)c1cc2cc(NC(=O)c3cc4cc([N+](=O)[O-])ccc4o3)ccc2[nH]1. The number of nitro groups is 1. The summed E-state index contributed by atoms with van der Waals surface area (Å²) in [6.45, 7) is 2.00.